The van der Waals surface area contributed by atoms with E-state index in [0.29, 0.717) is 6.54 Å². The Morgan fingerprint density at radius 3 is 2.46 bits per heavy atom. The molecule has 0 unspecified atom stereocenters. The summed E-state index contributed by atoms with van der Waals surface area (Å²) in [6, 6.07) is 24.5. The first kappa shape index (κ1) is 16.5. The van der Waals surface area contributed by atoms with Gasteiger partial charge in [-0.3, -0.25) is 0 Å². The van der Waals surface area contributed by atoms with Crippen molar-refractivity contribution in [1.82, 2.24) is 5.32 Å². The van der Waals surface area contributed by atoms with Crippen LogP contribution in [0.3, 0.4) is 0 Å². The molecule has 0 saturated heterocycles. The van der Waals surface area contributed by atoms with Gasteiger partial charge in [0.2, 0.25) is 0 Å². The molecular formula is C21H23NO2. The quantitative estimate of drug-likeness (QED) is 0.693. The van der Waals surface area contributed by atoms with E-state index in [1.807, 2.05) is 48.5 Å². The van der Waals surface area contributed by atoms with Crippen LogP contribution in [0.1, 0.15) is 18.5 Å². The van der Waals surface area contributed by atoms with Crippen LogP contribution in [0.15, 0.2) is 72.8 Å². The van der Waals surface area contributed by atoms with Gasteiger partial charge in [-0.25, -0.2) is 0 Å². The first-order chi connectivity index (χ1) is 11.7. The number of hydrogen-bond donors (Lipinski definition) is 2. The van der Waals surface area contributed by atoms with Crippen molar-refractivity contribution in [2.45, 2.75) is 19.1 Å². The lowest BCUT2D eigenvalue weighted by molar-refractivity contribution is 0.105. The highest BCUT2D eigenvalue weighted by Gasteiger charge is 2.10. The number of aliphatic hydroxyl groups excluding tert-OH is 1. The average Bonchev–Trinajstić information content (AvgIpc) is 2.65. The van der Waals surface area contributed by atoms with Gasteiger partial charge >= 0.3 is 0 Å². The molecule has 2 atom stereocenters. The van der Waals surface area contributed by atoms with Gasteiger partial charge in [0.15, 0.2) is 0 Å². The second-order valence-electron chi connectivity index (χ2n) is 5.98. The Hall–Kier alpha value is -2.36. The fraction of sp³-hybridized carbons (Fsp3) is 0.238. The minimum absolute atomic E-state index is 0.193. The number of ether oxygens (including phenoxy) is 1. The second-order valence-corrected chi connectivity index (χ2v) is 5.98. The molecule has 3 aromatic rings. The molecule has 0 heterocycles. The molecule has 0 aromatic heterocycles. The van der Waals surface area contributed by atoms with Gasteiger partial charge in [-0.15, -0.1) is 0 Å². The van der Waals surface area contributed by atoms with E-state index in [9.17, 15) is 5.11 Å². The van der Waals surface area contributed by atoms with Gasteiger partial charge in [0.1, 0.15) is 18.5 Å². The maximum Gasteiger partial charge on any atom is 0.127 e. The summed E-state index contributed by atoms with van der Waals surface area (Å²) in [5.41, 5.74) is 1.21. The number of hydrogen-bond acceptors (Lipinski definition) is 3. The standard InChI is InChI=1S/C21H23NO2/c1-16(17-8-3-2-4-9-17)22-14-19(23)15-24-21-13-7-11-18-10-5-6-12-20(18)21/h2-13,16,19,22-23H,14-15H2,1H3/t16-,19-/m1/s1. The zero-order chi connectivity index (χ0) is 16.8. The fourth-order valence-corrected chi connectivity index (χ4v) is 2.74. The second kappa shape index (κ2) is 7.95. The largest absolute Gasteiger partial charge is 0.490 e. The van der Waals surface area contributed by atoms with E-state index in [-0.39, 0.29) is 12.6 Å². The zero-order valence-corrected chi connectivity index (χ0v) is 13.9. The van der Waals surface area contributed by atoms with Crippen LogP contribution in [0.25, 0.3) is 10.8 Å². The summed E-state index contributed by atoms with van der Waals surface area (Å²) >= 11 is 0. The SMILES string of the molecule is C[C@@H](NC[C@@H](O)COc1cccc2ccccc12)c1ccccc1. The van der Waals surface area contributed by atoms with Gasteiger partial charge in [0.05, 0.1) is 0 Å². The first-order valence-electron chi connectivity index (χ1n) is 8.31. The van der Waals surface area contributed by atoms with E-state index < -0.39 is 6.10 Å². The van der Waals surface area contributed by atoms with Crippen molar-refractivity contribution >= 4 is 10.8 Å². The van der Waals surface area contributed by atoms with Crippen LogP contribution in [0.5, 0.6) is 5.75 Å². The molecule has 0 radical (unpaired) electrons. The van der Waals surface area contributed by atoms with Crippen molar-refractivity contribution in [2.24, 2.45) is 0 Å². The molecule has 0 aliphatic heterocycles. The monoisotopic (exact) mass is 321 g/mol. The summed E-state index contributed by atoms with van der Waals surface area (Å²) in [5.74, 6) is 0.809. The highest BCUT2D eigenvalue weighted by atomic mass is 16.5. The Morgan fingerprint density at radius 1 is 0.917 bits per heavy atom. The van der Waals surface area contributed by atoms with E-state index in [2.05, 4.69) is 36.5 Å². The molecule has 0 saturated carbocycles. The van der Waals surface area contributed by atoms with Crippen LogP contribution >= 0.6 is 0 Å². The Morgan fingerprint density at radius 2 is 1.62 bits per heavy atom. The topological polar surface area (TPSA) is 41.5 Å². The molecule has 2 N–H and O–H groups in total. The van der Waals surface area contributed by atoms with Gasteiger partial charge < -0.3 is 15.2 Å². The molecule has 0 spiro atoms. The summed E-state index contributed by atoms with van der Waals surface area (Å²) in [6.07, 6.45) is -0.560. The Labute approximate surface area is 142 Å². The summed E-state index contributed by atoms with van der Waals surface area (Å²) < 4.78 is 5.83. The van der Waals surface area contributed by atoms with Gasteiger partial charge in [-0.1, -0.05) is 66.7 Å². The van der Waals surface area contributed by atoms with Crippen LogP contribution in [-0.2, 0) is 0 Å². The van der Waals surface area contributed by atoms with Crippen molar-refractivity contribution in [3.05, 3.63) is 78.4 Å². The predicted molar refractivity (Wildman–Crippen MR) is 98.3 cm³/mol. The smallest absolute Gasteiger partial charge is 0.127 e. The lowest BCUT2D eigenvalue weighted by Gasteiger charge is -2.18. The van der Waals surface area contributed by atoms with Crippen molar-refractivity contribution in [3.63, 3.8) is 0 Å². The molecule has 3 nitrogen and oxygen atoms in total. The van der Waals surface area contributed by atoms with Crippen molar-refractivity contribution in [2.75, 3.05) is 13.2 Å². The van der Waals surface area contributed by atoms with Crippen LogP contribution in [0, 0.1) is 0 Å². The first-order valence-corrected chi connectivity index (χ1v) is 8.31. The van der Waals surface area contributed by atoms with E-state index in [1.165, 1.54) is 5.56 Å². The maximum absolute atomic E-state index is 10.2. The molecule has 0 amide bonds. The van der Waals surface area contributed by atoms with E-state index in [4.69, 9.17) is 4.74 Å². The summed E-state index contributed by atoms with van der Waals surface area (Å²) in [5, 5.41) is 15.7. The van der Waals surface area contributed by atoms with Crippen LogP contribution in [0.2, 0.25) is 0 Å². The molecule has 0 bridgehead atoms. The van der Waals surface area contributed by atoms with Crippen molar-refractivity contribution < 1.29 is 9.84 Å². The minimum Gasteiger partial charge on any atom is -0.490 e. The molecule has 0 aliphatic carbocycles. The Kier molecular flexibility index (Phi) is 5.47. The molecule has 3 heteroatoms. The highest BCUT2D eigenvalue weighted by Crippen LogP contribution is 2.25. The summed E-state index contributed by atoms with van der Waals surface area (Å²) in [4.78, 5) is 0. The van der Waals surface area contributed by atoms with Gasteiger partial charge in [-0.2, -0.15) is 0 Å². The van der Waals surface area contributed by atoms with E-state index >= 15 is 0 Å². The maximum atomic E-state index is 10.2. The molecule has 124 valence electrons. The highest BCUT2D eigenvalue weighted by molar-refractivity contribution is 5.88. The normalized spacial score (nSPS) is 13.6. The molecule has 0 aliphatic rings. The number of aliphatic hydroxyl groups is 1. The lowest BCUT2D eigenvalue weighted by Crippen LogP contribution is -2.33. The van der Waals surface area contributed by atoms with Crippen molar-refractivity contribution in [3.8, 4) is 5.75 Å². The van der Waals surface area contributed by atoms with Crippen LogP contribution in [0.4, 0.5) is 0 Å². The van der Waals surface area contributed by atoms with Crippen LogP contribution in [-0.4, -0.2) is 24.4 Å². The fourth-order valence-electron chi connectivity index (χ4n) is 2.74. The third-order valence-electron chi connectivity index (χ3n) is 4.14. The van der Waals surface area contributed by atoms with Gasteiger partial charge in [0, 0.05) is 18.0 Å². The number of rotatable bonds is 7. The van der Waals surface area contributed by atoms with E-state index in [1.54, 1.807) is 0 Å². The zero-order valence-electron chi connectivity index (χ0n) is 13.9. The predicted octanol–water partition coefficient (Wildman–Crippen LogP) is 3.93. The number of benzene rings is 3. The van der Waals surface area contributed by atoms with Gasteiger partial charge in [0.25, 0.3) is 0 Å². The van der Waals surface area contributed by atoms with Gasteiger partial charge in [-0.05, 0) is 23.9 Å². The third-order valence-corrected chi connectivity index (χ3v) is 4.14. The Balaban J connectivity index is 1.53. The molecule has 3 rings (SSSR count). The number of nitrogens with one attached hydrogen (secondary N) is 1. The minimum atomic E-state index is -0.560. The molecular weight excluding hydrogens is 298 g/mol. The number of fused-ring (bicyclic) bond motifs is 1. The summed E-state index contributed by atoms with van der Waals surface area (Å²) in [7, 11) is 0. The van der Waals surface area contributed by atoms with Crippen LogP contribution < -0.4 is 10.1 Å². The third kappa shape index (κ3) is 4.13. The molecule has 3 aromatic carbocycles. The molecule has 24 heavy (non-hydrogen) atoms. The lowest BCUT2D eigenvalue weighted by atomic mass is 10.1. The molecule has 0 fully saturated rings. The Bertz CT molecular complexity index is 768. The van der Waals surface area contributed by atoms with E-state index in [0.717, 1.165) is 16.5 Å². The average molecular weight is 321 g/mol. The summed E-state index contributed by atoms with van der Waals surface area (Å²) in [6.45, 7) is 2.84. The van der Waals surface area contributed by atoms with Crippen molar-refractivity contribution in [1.29, 1.82) is 0 Å².